The van der Waals surface area contributed by atoms with Crippen molar-refractivity contribution in [3.05, 3.63) is 60.4 Å². The zero-order chi connectivity index (χ0) is 16.2. The number of para-hydroxylation sites is 3. The zero-order valence-corrected chi connectivity index (χ0v) is 13.8. The van der Waals surface area contributed by atoms with Crippen molar-refractivity contribution >= 4 is 11.0 Å². The largest absolute Gasteiger partial charge is 0.486 e. The minimum absolute atomic E-state index is 0.504. The van der Waals surface area contributed by atoms with Gasteiger partial charge in [-0.05, 0) is 56.1 Å². The Morgan fingerprint density at radius 3 is 2.58 bits per heavy atom. The molecule has 0 saturated carbocycles. The van der Waals surface area contributed by atoms with Crippen molar-refractivity contribution in [2.24, 2.45) is 5.92 Å². The Hall–Kier alpha value is -2.33. The van der Waals surface area contributed by atoms with E-state index < -0.39 is 0 Å². The first-order valence-corrected chi connectivity index (χ1v) is 8.73. The number of imidazole rings is 1. The first kappa shape index (κ1) is 15.2. The summed E-state index contributed by atoms with van der Waals surface area (Å²) in [6.45, 7) is 3.76. The van der Waals surface area contributed by atoms with Gasteiger partial charge in [0.25, 0.3) is 0 Å². The standard InChI is InChI=1S/C20H23N3O/c1-2-6-17(7-3-1)24-15-20-22-18-8-4-5-9-19(18)23(20)14-16-10-12-21-13-11-16/h1-9,16,21H,10-15H2. The maximum absolute atomic E-state index is 5.96. The van der Waals surface area contributed by atoms with Gasteiger partial charge >= 0.3 is 0 Å². The highest BCUT2D eigenvalue weighted by Crippen LogP contribution is 2.22. The number of benzene rings is 2. The third-order valence-corrected chi connectivity index (χ3v) is 4.74. The fourth-order valence-corrected chi connectivity index (χ4v) is 3.43. The number of hydrogen-bond acceptors (Lipinski definition) is 3. The van der Waals surface area contributed by atoms with Crippen molar-refractivity contribution in [3.8, 4) is 5.75 Å². The highest BCUT2D eigenvalue weighted by atomic mass is 16.5. The molecule has 1 saturated heterocycles. The molecule has 1 N–H and O–H groups in total. The van der Waals surface area contributed by atoms with E-state index in [9.17, 15) is 0 Å². The van der Waals surface area contributed by atoms with Gasteiger partial charge in [-0.1, -0.05) is 30.3 Å². The van der Waals surface area contributed by atoms with Crippen LogP contribution in [0, 0.1) is 5.92 Å². The third kappa shape index (κ3) is 3.29. The molecule has 2 heterocycles. The van der Waals surface area contributed by atoms with E-state index in [2.05, 4.69) is 28.1 Å². The Balaban J connectivity index is 1.59. The molecular weight excluding hydrogens is 298 g/mol. The van der Waals surface area contributed by atoms with E-state index >= 15 is 0 Å². The van der Waals surface area contributed by atoms with Gasteiger partial charge in [0.1, 0.15) is 18.2 Å². The van der Waals surface area contributed by atoms with Crippen LogP contribution in [0.4, 0.5) is 0 Å². The lowest BCUT2D eigenvalue weighted by Crippen LogP contribution is -2.30. The Morgan fingerprint density at radius 1 is 1.00 bits per heavy atom. The second-order valence-electron chi connectivity index (χ2n) is 6.42. The molecular formula is C20H23N3O. The van der Waals surface area contributed by atoms with Crippen LogP contribution in [-0.4, -0.2) is 22.6 Å². The number of hydrogen-bond donors (Lipinski definition) is 1. The number of nitrogens with zero attached hydrogens (tertiary/aromatic N) is 2. The molecule has 0 unspecified atom stereocenters. The van der Waals surface area contributed by atoms with E-state index in [1.165, 1.54) is 18.4 Å². The van der Waals surface area contributed by atoms with Gasteiger partial charge in [0, 0.05) is 6.54 Å². The van der Waals surface area contributed by atoms with Crippen LogP contribution in [0.3, 0.4) is 0 Å². The summed E-state index contributed by atoms with van der Waals surface area (Å²) in [4.78, 5) is 4.82. The van der Waals surface area contributed by atoms with E-state index in [1.807, 2.05) is 36.4 Å². The van der Waals surface area contributed by atoms with Gasteiger partial charge in [0.15, 0.2) is 0 Å². The van der Waals surface area contributed by atoms with Gasteiger partial charge in [-0.3, -0.25) is 0 Å². The molecule has 0 aliphatic carbocycles. The molecule has 1 aliphatic heterocycles. The van der Waals surface area contributed by atoms with E-state index in [4.69, 9.17) is 9.72 Å². The Labute approximate surface area is 142 Å². The molecule has 0 amide bonds. The van der Waals surface area contributed by atoms with Gasteiger partial charge in [-0.15, -0.1) is 0 Å². The summed E-state index contributed by atoms with van der Waals surface area (Å²) in [6.07, 6.45) is 2.46. The smallest absolute Gasteiger partial charge is 0.148 e. The molecule has 1 aromatic heterocycles. The average Bonchev–Trinajstić information content (AvgIpc) is 2.99. The third-order valence-electron chi connectivity index (χ3n) is 4.74. The first-order chi connectivity index (χ1) is 11.9. The lowest BCUT2D eigenvalue weighted by Gasteiger charge is -2.24. The predicted molar refractivity (Wildman–Crippen MR) is 96.1 cm³/mol. The second kappa shape index (κ2) is 7.05. The van der Waals surface area contributed by atoms with Crippen molar-refractivity contribution in [3.63, 3.8) is 0 Å². The maximum Gasteiger partial charge on any atom is 0.148 e. The van der Waals surface area contributed by atoms with Gasteiger partial charge < -0.3 is 14.6 Å². The van der Waals surface area contributed by atoms with E-state index in [0.29, 0.717) is 12.5 Å². The number of rotatable bonds is 5. The summed E-state index contributed by atoms with van der Waals surface area (Å²) in [7, 11) is 0. The molecule has 0 radical (unpaired) electrons. The van der Waals surface area contributed by atoms with Crippen LogP contribution in [0.2, 0.25) is 0 Å². The summed E-state index contributed by atoms with van der Waals surface area (Å²) >= 11 is 0. The van der Waals surface area contributed by atoms with Crippen LogP contribution < -0.4 is 10.1 Å². The summed E-state index contributed by atoms with van der Waals surface area (Å²) in [5.74, 6) is 2.61. The number of ether oxygens (including phenoxy) is 1. The SMILES string of the molecule is c1ccc(OCc2nc3ccccc3n2CC2CCNCC2)cc1. The summed E-state index contributed by atoms with van der Waals surface area (Å²) in [5.41, 5.74) is 2.26. The summed E-state index contributed by atoms with van der Waals surface area (Å²) in [6, 6.07) is 18.3. The van der Waals surface area contributed by atoms with Crippen LogP contribution in [0.25, 0.3) is 11.0 Å². The van der Waals surface area contributed by atoms with Crippen molar-refractivity contribution in [1.29, 1.82) is 0 Å². The van der Waals surface area contributed by atoms with Crippen LogP contribution in [0.15, 0.2) is 54.6 Å². The quantitative estimate of drug-likeness (QED) is 0.780. The van der Waals surface area contributed by atoms with Crippen LogP contribution in [-0.2, 0) is 13.2 Å². The molecule has 124 valence electrons. The highest BCUT2D eigenvalue weighted by molar-refractivity contribution is 5.75. The van der Waals surface area contributed by atoms with Crippen molar-refractivity contribution < 1.29 is 4.74 Å². The fraction of sp³-hybridized carbons (Fsp3) is 0.350. The maximum atomic E-state index is 5.96. The van der Waals surface area contributed by atoms with Gasteiger partial charge in [-0.2, -0.15) is 0 Å². The number of nitrogens with one attached hydrogen (secondary N) is 1. The Kier molecular flexibility index (Phi) is 4.47. The van der Waals surface area contributed by atoms with E-state index in [0.717, 1.165) is 36.7 Å². The molecule has 2 aromatic carbocycles. The zero-order valence-electron chi connectivity index (χ0n) is 13.8. The molecule has 4 heteroatoms. The summed E-state index contributed by atoms with van der Waals surface area (Å²) in [5, 5.41) is 3.44. The monoisotopic (exact) mass is 321 g/mol. The minimum Gasteiger partial charge on any atom is -0.486 e. The molecule has 3 aromatic rings. The second-order valence-corrected chi connectivity index (χ2v) is 6.42. The lowest BCUT2D eigenvalue weighted by molar-refractivity contribution is 0.278. The van der Waals surface area contributed by atoms with Crippen molar-refractivity contribution in [2.75, 3.05) is 13.1 Å². The topological polar surface area (TPSA) is 39.1 Å². The van der Waals surface area contributed by atoms with Gasteiger partial charge in [0.2, 0.25) is 0 Å². The number of aromatic nitrogens is 2. The molecule has 0 spiro atoms. The molecule has 0 atom stereocenters. The number of fused-ring (bicyclic) bond motifs is 1. The Morgan fingerprint density at radius 2 is 1.75 bits per heavy atom. The van der Waals surface area contributed by atoms with Gasteiger partial charge in [-0.25, -0.2) is 4.98 Å². The van der Waals surface area contributed by atoms with Crippen molar-refractivity contribution in [2.45, 2.75) is 26.0 Å². The highest BCUT2D eigenvalue weighted by Gasteiger charge is 2.18. The lowest BCUT2D eigenvalue weighted by atomic mass is 9.98. The molecule has 1 aliphatic rings. The fourth-order valence-electron chi connectivity index (χ4n) is 3.43. The molecule has 4 nitrogen and oxygen atoms in total. The van der Waals surface area contributed by atoms with E-state index in [1.54, 1.807) is 0 Å². The molecule has 0 bridgehead atoms. The van der Waals surface area contributed by atoms with Crippen LogP contribution >= 0.6 is 0 Å². The number of piperidine rings is 1. The molecule has 4 rings (SSSR count). The summed E-state index contributed by atoms with van der Waals surface area (Å²) < 4.78 is 8.31. The first-order valence-electron chi connectivity index (χ1n) is 8.73. The minimum atomic E-state index is 0.504. The molecule has 1 fully saturated rings. The van der Waals surface area contributed by atoms with Crippen molar-refractivity contribution in [1.82, 2.24) is 14.9 Å². The average molecular weight is 321 g/mol. The molecule has 24 heavy (non-hydrogen) atoms. The van der Waals surface area contributed by atoms with Crippen LogP contribution in [0.5, 0.6) is 5.75 Å². The Bertz CT molecular complexity index is 791. The van der Waals surface area contributed by atoms with Gasteiger partial charge in [0.05, 0.1) is 11.0 Å². The normalized spacial score (nSPS) is 15.7. The predicted octanol–water partition coefficient (Wildman–Crippen LogP) is 3.61. The van der Waals surface area contributed by atoms with Crippen LogP contribution in [0.1, 0.15) is 18.7 Å². The van der Waals surface area contributed by atoms with E-state index in [-0.39, 0.29) is 0 Å².